The molecule has 2 N–H and O–H groups in total. The Morgan fingerprint density at radius 2 is 2.12 bits per heavy atom. The van der Waals surface area contributed by atoms with Gasteiger partial charge in [-0.3, -0.25) is 5.32 Å². The van der Waals surface area contributed by atoms with E-state index in [1.54, 1.807) is 11.3 Å². The van der Waals surface area contributed by atoms with Gasteiger partial charge in [-0.05, 0) is 36.4 Å². The maximum atomic E-state index is 11.8. The van der Waals surface area contributed by atoms with Gasteiger partial charge in [0.2, 0.25) is 5.89 Å². The Balaban J connectivity index is 1.56. The quantitative estimate of drug-likeness (QED) is 0.741. The predicted octanol–water partition coefficient (Wildman–Crippen LogP) is 3.66. The maximum absolute atomic E-state index is 11.8. The van der Waals surface area contributed by atoms with Crippen LogP contribution in [0.1, 0.15) is 27.5 Å². The fourth-order valence-corrected chi connectivity index (χ4v) is 2.95. The van der Waals surface area contributed by atoms with Crippen LogP contribution < -0.4 is 10.6 Å². The Morgan fingerprint density at radius 1 is 1.25 bits per heavy atom. The van der Waals surface area contributed by atoms with Crippen LogP contribution in [0.25, 0.3) is 0 Å². The van der Waals surface area contributed by atoms with Crippen molar-refractivity contribution in [3.63, 3.8) is 0 Å². The Labute approximate surface area is 143 Å². The third-order valence-corrected chi connectivity index (χ3v) is 4.41. The molecule has 3 aromatic rings. The van der Waals surface area contributed by atoms with Gasteiger partial charge >= 0.3 is 12.0 Å². The number of nitrogens with one attached hydrogen (secondary N) is 2. The second-order valence-corrected chi connectivity index (χ2v) is 6.53. The Bertz CT molecular complexity index is 827. The van der Waals surface area contributed by atoms with Crippen molar-refractivity contribution in [2.24, 2.45) is 0 Å². The van der Waals surface area contributed by atoms with Crippen LogP contribution >= 0.6 is 11.3 Å². The van der Waals surface area contributed by atoms with Crippen molar-refractivity contribution >= 4 is 23.4 Å². The number of thiophene rings is 1. The molecule has 0 radical (unpaired) electrons. The van der Waals surface area contributed by atoms with Crippen LogP contribution in [-0.2, 0) is 13.0 Å². The Morgan fingerprint density at radius 3 is 2.88 bits per heavy atom. The zero-order valence-electron chi connectivity index (χ0n) is 13.5. The molecule has 6 nitrogen and oxygen atoms in total. The minimum Gasteiger partial charge on any atom is -0.407 e. The molecule has 0 unspecified atom stereocenters. The number of rotatable bonds is 5. The fraction of sp³-hybridized carbons (Fsp3) is 0.235. The topological polar surface area (TPSA) is 80.0 Å². The number of anilines is 1. The van der Waals surface area contributed by atoms with Gasteiger partial charge in [-0.25, -0.2) is 4.79 Å². The lowest BCUT2D eigenvalue weighted by Crippen LogP contribution is -2.27. The molecule has 0 aliphatic carbocycles. The molecule has 0 fully saturated rings. The van der Waals surface area contributed by atoms with E-state index in [1.807, 2.05) is 17.5 Å². The van der Waals surface area contributed by atoms with Crippen molar-refractivity contribution < 1.29 is 9.21 Å². The molecule has 3 rings (SSSR count). The number of nitrogens with zero attached hydrogens (tertiary/aromatic N) is 2. The SMILES string of the molecule is Cc1ccc(Cc2nnc(NC(=O)NCc3cccs3)o2)c(C)c1. The van der Waals surface area contributed by atoms with Gasteiger partial charge in [-0.2, -0.15) is 0 Å². The second-order valence-electron chi connectivity index (χ2n) is 5.49. The first-order valence-corrected chi connectivity index (χ1v) is 8.44. The highest BCUT2D eigenvalue weighted by Gasteiger charge is 2.11. The smallest absolute Gasteiger partial charge is 0.323 e. The number of aryl methyl sites for hydroxylation is 2. The van der Waals surface area contributed by atoms with E-state index in [-0.39, 0.29) is 12.0 Å². The second kappa shape index (κ2) is 7.27. The summed E-state index contributed by atoms with van der Waals surface area (Å²) in [4.78, 5) is 12.9. The lowest BCUT2D eigenvalue weighted by molar-refractivity contribution is 0.251. The summed E-state index contributed by atoms with van der Waals surface area (Å²) in [5.41, 5.74) is 3.51. The molecule has 0 aliphatic heterocycles. The van der Waals surface area contributed by atoms with Gasteiger partial charge in [0.25, 0.3) is 0 Å². The molecule has 2 heterocycles. The molecular weight excluding hydrogens is 324 g/mol. The highest BCUT2D eigenvalue weighted by atomic mass is 32.1. The van der Waals surface area contributed by atoms with Crippen LogP contribution in [0, 0.1) is 13.8 Å². The van der Waals surface area contributed by atoms with Gasteiger partial charge < -0.3 is 9.73 Å². The molecule has 2 amide bonds. The van der Waals surface area contributed by atoms with Crippen LogP contribution in [0.2, 0.25) is 0 Å². The normalized spacial score (nSPS) is 10.6. The van der Waals surface area contributed by atoms with Crippen LogP contribution in [0.5, 0.6) is 0 Å². The third kappa shape index (κ3) is 4.20. The molecule has 0 bridgehead atoms. The van der Waals surface area contributed by atoms with E-state index in [4.69, 9.17) is 4.42 Å². The molecule has 0 aliphatic rings. The summed E-state index contributed by atoms with van der Waals surface area (Å²) in [7, 11) is 0. The predicted molar refractivity (Wildman–Crippen MR) is 93.2 cm³/mol. The van der Waals surface area contributed by atoms with Gasteiger partial charge in [0.15, 0.2) is 0 Å². The number of hydrogen-bond acceptors (Lipinski definition) is 5. The Hall–Kier alpha value is -2.67. The van der Waals surface area contributed by atoms with E-state index in [1.165, 1.54) is 11.1 Å². The number of amides is 2. The number of aromatic nitrogens is 2. The fourth-order valence-electron chi connectivity index (χ4n) is 2.30. The van der Waals surface area contributed by atoms with E-state index >= 15 is 0 Å². The van der Waals surface area contributed by atoms with Gasteiger partial charge in [0.05, 0.1) is 13.0 Å². The maximum Gasteiger partial charge on any atom is 0.323 e. The van der Waals surface area contributed by atoms with Crippen molar-refractivity contribution in [2.45, 2.75) is 26.8 Å². The van der Waals surface area contributed by atoms with Gasteiger partial charge in [-0.15, -0.1) is 16.4 Å². The van der Waals surface area contributed by atoms with Gasteiger partial charge in [-0.1, -0.05) is 34.9 Å². The zero-order chi connectivity index (χ0) is 16.9. The van der Waals surface area contributed by atoms with E-state index in [2.05, 4.69) is 52.9 Å². The minimum absolute atomic E-state index is 0.0958. The first-order chi connectivity index (χ1) is 11.6. The number of hydrogen-bond donors (Lipinski definition) is 2. The standard InChI is InChI=1S/C17H18N4O2S/c1-11-5-6-13(12(2)8-11)9-15-20-21-17(23-15)19-16(22)18-10-14-4-3-7-24-14/h3-8H,9-10H2,1-2H3,(H2,18,19,21,22). The molecule has 0 spiro atoms. The zero-order valence-corrected chi connectivity index (χ0v) is 14.3. The van der Waals surface area contributed by atoms with Crippen LogP contribution in [0.3, 0.4) is 0 Å². The number of carbonyl (C=O) groups is 1. The van der Waals surface area contributed by atoms with Crippen LogP contribution in [0.15, 0.2) is 40.1 Å². The highest BCUT2D eigenvalue weighted by molar-refractivity contribution is 7.09. The number of carbonyl (C=O) groups excluding carboxylic acids is 1. The van der Waals surface area contributed by atoms with Crippen LogP contribution in [-0.4, -0.2) is 16.2 Å². The van der Waals surface area contributed by atoms with E-state index in [0.29, 0.717) is 18.9 Å². The van der Waals surface area contributed by atoms with E-state index < -0.39 is 0 Å². The summed E-state index contributed by atoms with van der Waals surface area (Å²) >= 11 is 1.58. The van der Waals surface area contributed by atoms with Gasteiger partial charge in [0.1, 0.15) is 0 Å². The summed E-state index contributed by atoms with van der Waals surface area (Å²) in [5, 5.41) is 15.1. The number of urea groups is 1. The molecule has 124 valence electrons. The van der Waals surface area contributed by atoms with Crippen molar-refractivity contribution in [2.75, 3.05) is 5.32 Å². The van der Waals surface area contributed by atoms with Crippen molar-refractivity contribution in [1.29, 1.82) is 0 Å². The third-order valence-electron chi connectivity index (χ3n) is 3.53. The molecular formula is C17H18N4O2S. The van der Waals surface area contributed by atoms with E-state index in [9.17, 15) is 4.79 Å². The molecule has 0 atom stereocenters. The Kier molecular flexibility index (Phi) is 4.90. The lowest BCUT2D eigenvalue weighted by Gasteiger charge is -2.04. The summed E-state index contributed by atoms with van der Waals surface area (Å²) in [6.45, 7) is 4.57. The summed E-state index contributed by atoms with van der Waals surface area (Å²) in [6.07, 6.45) is 0.539. The summed E-state index contributed by atoms with van der Waals surface area (Å²) < 4.78 is 5.49. The van der Waals surface area contributed by atoms with Crippen molar-refractivity contribution in [3.8, 4) is 0 Å². The number of benzene rings is 1. The van der Waals surface area contributed by atoms with Crippen LogP contribution in [0.4, 0.5) is 10.8 Å². The first kappa shape index (κ1) is 16.2. The molecule has 24 heavy (non-hydrogen) atoms. The highest BCUT2D eigenvalue weighted by Crippen LogP contribution is 2.16. The average molecular weight is 342 g/mol. The largest absolute Gasteiger partial charge is 0.407 e. The van der Waals surface area contributed by atoms with E-state index in [0.717, 1.165) is 10.4 Å². The molecule has 0 saturated carbocycles. The molecule has 1 aromatic carbocycles. The average Bonchev–Trinajstić information content (AvgIpc) is 3.20. The van der Waals surface area contributed by atoms with Crippen molar-refractivity contribution in [3.05, 3.63) is 63.2 Å². The van der Waals surface area contributed by atoms with Crippen molar-refractivity contribution in [1.82, 2.24) is 15.5 Å². The molecule has 0 saturated heterocycles. The van der Waals surface area contributed by atoms with Gasteiger partial charge in [0, 0.05) is 4.88 Å². The minimum atomic E-state index is -0.370. The summed E-state index contributed by atoms with van der Waals surface area (Å²) in [5.74, 6) is 0.468. The summed E-state index contributed by atoms with van der Waals surface area (Å²) in [6, 6.07) is 9.84. The lowest BCUT2D eigenvalue weighted by atomic mass is 10.0. The molecule has 7 heteroatoms. The monoisotopic (exact) mass is 342 g/mol. The molecule has 2 aromatic heterocycles. The first-order valence-electron chi connectivity index (χ1n) is 7.56.